The molecule has 1 atom stereocenters. The molecule has 1 aliphatic heterocycles. The molecule has 0 saturated carbocycles. The Labute approximate surface area is 111 Å². The minimum absolute atomic E-state index is 0.212. The Morgan fingerprint density at radius 2 is 2.11 bits per heavy atom. The van der Waals surface area contributed by atoms with E-state index in [1.54, 1.807) is 0 Å². The van der Waals surface area contributed by atoms with Crippen LogP contribution in [0.4, 0.5) is 0 Å². The molecule has 1 aliphatic rings. The highest BCUT2D eigenvalue weighted by Crippen LogP contribution is 2.22. The van der Waals surface area contributed by atoms with Crippen LogP contribution in [0.5, 0.6) is 11.8 Å². The number of ether oxygens (including phenoxy) is 2. The standard InChI is InChI=1S/C12H18N4O3/c1-18-11-9(12(19-2)16-7-15-11)10(17)14-6-8-4-3-5-13-8/h7-8,13H,3-6H2,1-2H3,(H,14,17)/t8-/m1/s1. The predicted octanol–water partition coefficient (Wildman–Crippen LogP) is -0.0244. The molecule has 0 bridgehead atoms. The maximum atomic E-state index is 12.2. The SMILES string of the molecule is COc1ncnc(OC)c1C(=O)NC[C@H]1CCCN1. The normalized spacial score (nSPS) is 18.1. The second-order valence-corrected chi connectivity index (χ2v) is 4.27. The Morgan fingerprint density at radius 3 is 2.63 bits per heavy atom. The van der Waals surface area contributed by atoms with E-state index in [-0.39, 0.29) is 23.2 Å². The molecular weight excluding hydrogens is 248 g/mol. The van der Waals surface area contributed by atoms with Crippen LogP contribution in [-0.2, 0) is 0 Å². The number of hydrogen-bond donors (Lipinski definition) is 2. The summed E-state index contributed by atoms with van der Waals surface area (Å²) in [5.74, 6) is 0.135. The average Bonchev–Trinajstić information content (AvgIpc) is 2.97. The van der Waals surface area contributed by atoms with E-state index in [0.29, 0.717) is 12.6 Å². The van der Waals surface area contributed by atoms with Gasteiger partial charge in [-0.05, 0) is 19.4 Å². The highest BCUT2D eigenvalue weighted by atomic mass is 16.5. The number of methoxy groups -OCH3 is 2. The first-order valence-corrected chi connectivity index (χ1v) is 6.20. The van der Waals surface area contributed by atoms with Gasteiger partial charge >= 0.3 is 0 Å². The van der Waals surface area contributed by atoms with Gasteiger partial charge in [-0.25, -0.2) is 9.97 Å². The number of amides is 1. The van der Waals surface area contributed by atoms with Crippen molar-refractivity contribution in [2.24, 2.45) is 0 Å². The van der Waals surface area contributed by atoms with Crippen LogP contribution < -0.4 is 20.1 Å². The van der Waals surface area contributed by atoms with Crippen molar-refractivity contribution in [1.82, 2.24) is 20.6 Å². The fraction of sp³-hybridized carbons (Fsp3) is 0.583. The zero-order chi connectivity index (χ0) is 13.7. The zero-order valence-corrected chi connectivity index (χ0v) is 11.1. The molecule has 2 heterocycles. The van der Waals surface area contributed by atoms with Gasteiger partial charge in [0.1, 0.15) is 6.33 Å². The largest absolute Gasteiger partial charge is 0.480 e. The maximum Gasteiger partial charge on any atom is 0.262 e. The van der Waals surface area contributed by atoms with Crippen molar-refractivity contribution in [2.75, 3.05) is 27.3 Å². The number of nitrogens with zero attached hydrogens (tertiary/aromatic N) is 2. The minimum Gasteiger partial charge on any atom is -0.480 e. The Balaban J connectivity index is 2.08. The van der Waals surface area contributed by atoms with Gasteiger partial charge in [-0.2, -0.15) is 0 Å². The lowest BCUT2D eigenvalue weighted by molar-refractivity contribution is 0.0942. The van der Waals surface area contributed by atoms with Gasteiger partial charge in [0.15, 0.2) is 5.56 Å². The van der Waals surface area contributed by atoms with Gasteiger partial charge in [-0.15, -0.1) is 0 Å². The quantitative estimate of drug-likeness (QED) is 0.779. The summed E-state index contributed by atoms with van der Waals surface area (Å²) in [4.78, 5) is 20.0. The third-order valence-corrected chi connectivity index (χ3v) is 3.06. The fourth-order valence-corrected chi connectivity index (χ4v) is 2.09. The molecule has 0 radical (unpaired) electrons. The highest BCUT2D eigenvalue weighted by Gasteiger charge is 2.22. The third kappa shape index (κ3) is 3.11. The van der Waals surface area contributed by atoms with Crippen molar-refractivity contribution in [3.8, 4) is 11.8 Å². The van der Waals surface area contributed by atoms with E-state index >= 15 is 0 Å². The summed E-state index contributed by atoms with van der Waals surface area (Å²) in [5, 5.41) is 6.16. The lowest BCUT2D eigenvalue weighted by Crippen LogP contribution is -2.37. The Kier molecular flexibility index (Phi) is 4.51. The van der Waals surface area contributed by atoms with Gasteiger partial charge in [-0.3, -0.25) is 4.79 Å². The van der Waals surface area contributed by atoms with Crippen LogP contribution >= 0.6 is 0 Å². The summed E-state index contributed by atoms with van der Waals surface area (Å²) in [6, 6.07) is 0.325. The van der Waals surface area contributed by atoms with Crippen LogP contribution in [0.2, 0.25) is 0 Å². The van der Waals surface area contributed by atoms with Crippen LogP contribution in [0.3, 0.4) is 0 Å². The smallest absolute Gasteiger partial charge is 0.262 e. The van der Waals surface area contributed by atoms with Crippen molar-refractivity contribution >= 4 is 5.91 Å². The van der Waals surface area contributed by atoms with Crippen LogP contribution in [-0.4, -0.2) is 49.2 Å². The molecule has 2 rings (SSSR count). The van der Waals surface area contributed by atoms with Gasteiger partial charge in [-0.1, -0.05) is 0 Å². The molecule has 7 heteroatoms. The Hall–Kier alpha value is -1.89. The molecule has 104 valence electrons. The topological polar surface area (TPSA) is 85.4 Å². The van der Waals surface area contributed by atoms with E-state index in [1.807, 2.05) is 0 Å². The minimum atomic E-state index is -0.289. The van der Waals surface area contributed by atoms with Crippen LogP contribution in [0, 0.1) is 0 Å². The van der Waals surface area contributed by atoms with E-state index < -0.39 is 0 Å². The van der Waals surface area contributed by atoms with Crippen molar-refractivity contribution in [2.45, 2.75) is 18.9 Å². The van der Waals surface area contributed by atoms with Gasteiger partial charge < -0.3 is 20.1 Å². The van der Waals surface area contributed by atoms with E-state index in [0.717, 1.165) is 19.4 Å². The predicted molar refractivity (Wildman–Crippen MR) is 68.5 cm³/mol. The third-order valence-electron chi connectivity index (χ3n) is 3.06. The Morgan fingerprint density at radius 1 is 1.42 bits per heavy atom. The first-order valence-electron chi connectivity index (χ1n) is 6.20. The molecule has 1 aromatic heterocycles. The van der Waals surface area contributed by atoms with Gasteiger partial charge in [0.25, 0.3) is 5.91 Å². The molecule has 19 heavy (non-hydrogen) atoms. The molecule has 2 N–H and O–H groups in total. The molecule has 0 spiro atoms. The molecule has 1 aromatic rings. The molecular formula is C12H18N4O3. The van der Waals surface area contributed by atoms with Gasteiger partial charge in [0, 0.05) is 12.6 Å². The number of hydrogen-bond acceptors (Lipinski definition) is 6. The number of nitrogens with one attached hydrogen (secondary N) is 2. The van der Waals surface area contributed by atoms with Gasteiger partial charge in [0.2, 0.25) is 11.8 Å². The van der Waals surface area contributed by atoms with E-state index in [1.165, 1.54) is 20.5 Å². The van der Waals surface area contributed by atoms with Gasteiger partial charge in [0.05, 0.1) is 14.2 Å². The Bertz CT molecular complexity index is 424. The molecule has 0 aliphatic carbocycles. The number of aromatic nitrogens is 2. The average molecular weight is 266 g/mol. The number of rotatable bonds is 5. The molecule has 0 aromatic carbocycles. The summed E-state index contributed by atoms with van der Waals surface area (Å²) in [6.45, 7) is 1.57. The van der Waals surface area contributed by atoms with Crippen molar-refractivity contribution in [3.05, 3.63) is 11.9 Å². The second-order valence-electron chi connectivity index (χ2n) is 4.27. The summed E-state index contributed by atoms with van der Waals surface area (Å²) in [5.41, 5.74) is 0.227. The molecule has 1 amide bonds. The maximum absolute atomic E-state index is 12.2. The monoisotopic (exact) mass is 266 g/mol. The van der Waals surface area contributed by atoms with Crippen LogP contribution in [0.1, 0.15) is 23.2 Å². The van der Waals surface area contributed by atoms with Crippen LogP contribution in [0.25, 0.3) is 0 Å². The zero-order valence-electron chi connectivity index (χ0n) is 11.1. The van der Waals surface area contributed by atoms with Crippen molar-refractivity contribution in [1.29, 1.82) is 0 Å². The molecule has 1 saturated heterocycles. The second kappa shape index (κ2) is 6.33. The van der Waals surface area contributed by atoms with Crippen molar-refractivity contribution in [3.63, 3.8) is 0 Å². The fourth-order valence-electron chi connectivity index (χ4n) is 2.09. The molecule has 0 unspecified atom stereocenters. The summed E-state index contributed by atoms with van der Waals surface area (Å²) in [7, 11) is 2.91. The van der Waals surface area contributed by atoms with E-state index in [4.69, 9.17) is 9.47 Å². The highest BCUT2D eigenvalue weighted by molar-refractivity contribution is 5.98. The van der Waals surface area contributed by atoms with E-state index in [2.05, 4.69) is 20.6 Å². The lowest BCUT2D eigenvalue weighted by Gasteiger charge is -2.13. The molecule has 7 nitrogen and oxygen atoms in total. The first-order chi connectivity index (χ1) is 9.26. The summed E-state index contributed by atoms with van der Waals surface area (Å²) >= 11 is 0. The summed E-state index contributed by atoms with van der Waals surface area (Å²) in [6.07, 6.45) is 3.51. The first kappa shape index (κ1) is 13.5. The number of carbonyl (C=O) groups is 1. The lowest BCUT2D eigenvalue weighted by atomic mass is 10.2. The van der Waals surface area contributed by atoms with Crippen LogP contribution in [0.15, 0.2) is 6.33 Å². The summed E-state index contributed by atoms with van der Waals surface area (Å²) < 4.78 is 10.1. The van der Waals surface area contributed by atoms with E-state index in [9.17, 15) is 4.79 Å². The van der Waals surface area contributed by atoms with Crippen molar-refractivity contribution < 1.29 is 14.3 Å². The number of carbonyl (C=O) groups excluding carboxylic acids is 1. The molecule has 1 fully saturated rings.